The number of halogens is 4. The molecule has 0 radical (unpaired) electrons. The van der Waals surface area contributed by atoms with Gasteiger partial charge in [0.2, 0.25) is 0 Å². The lowest BCUT2D eigenvalue weighted by molar-refractivity contribution is -1.03. The van der Waals surface area contributed by atoms with E-state index in [1.54, 1.807) is 0 Å². The molecule has 0 saturated carbocycles. The number of hydrogen-bond acceptors (Lipinski definition) is 7. The number of carbonyl (C=O) groups is 1. The molecule has 7 heterocycles. The molecular weight excluding hydrogens is 718 g/mol. The third-order valence-corrected chi connectivity index (χ3v) is 13.3. The third kappa shape index (κ3) is 8.17. The van der Waals surface area contributed by atoms with Gasteiger partial charge in [-0.15, -0.1) is 0 Å². The molecule has 6 saturated heterocycles. The van der Waals surface area contributed by atoms with Crippen LogP contribution in [0.4, 0.5) is 11.6 Å². The van der Waals surface area contributed by atoms with Crippen LogP contribution in [0, 0.1) is 0 Å². The van der Waals surface area contributed by atoms with Crippen molar-refractivity contribution in [1.82, 2.24) is 20.6 Å². The molecule has 6 aliphatic rings. The number of aromatic nitrogens is 2. The number of anilines is 2. The van der Waals surface area contributed by atoms with Crippen molar-refractivity contribution in [2.75, 3.05) is 167 Å². The van der Waals surface area contributed by atoms with Crippen LogP contribution in [0.1, 0.15) is 10.4 Å². The second-order valence-corrected chi connectivity index (χ2v) is 15.5. The fraction of sp³-hybridized carbons (Fsp3) is 0.686. The van der Waals surface area contributed by atoms with Gasteiger partial charge in [-0.2, -0.15) is 0 Å². The van der Waals surface area contributed by atoms with E-state index >= 15 is 0 Å². The monoisotopic (exact) mass is 772 g/mol. The summed E-state index contributed by atoms with van der Waals surface area (Å²) in [6.07, 6.45) is 1.05. The zero-order valence-corrected chi connectivity index (χ0v) is 32.5. The number of nitrogens with one attached hydrogen (secondary N) is 2. The maximum absolute atomic E-state index is 13.0. The van der Waals surface area contributed by atoms with Crippen LogP contribution in [-0.4, -0.2) is 191 Å². The molecule has 50 heavy (non-hydrogen) atoms. The topological polar surface area (TPSA) is 73.4 Å². The molecular formula is C35H56Cl4N10O. The molecule has 2 aromatic rings. The van der Waals surface area contributed by atoms with Crippen LogP contribution in [0.15, 0.2) is 30.3 Å². The van der Waals surface area contributed by atoms with E-state index in [1.807, 2.05) is 6.07 Å². The quantitative estimate of drug-likeness (QED) is 0.237. The van der Waals surface area contributed by atoms with Gasteiger partial charge in [-0.3, -0.25) is 4.79 Å². The number of hydrogen-bond donors (Lipinski definition) is 2. The van der Waals surface area contributed by atoms with Gasteiger partial charge in [-0.05, 0) is 0 Å². The highest BCUT2D eigenvalue weighted by molar-refractivity contribution is 5.91. The second-order valence-electron chi connectivity index (χ2n) is 15.5. The lowest BCUT2D eigenvalue weighted by Gasteiger charge is -2.53. The minimum Gasteiger partial charge on any atom is -1.00 e. The average molecular weight is 775 g/mol. The number of aldehydes is 1. The Bertz CT molecular complexity index is 1290. The molecule has 4 spiro atoms. The first kappa shape index (κ1) is 41.2. The third-order valence-electron chi connectivity index (χ3n) is 13.3. The van der Waals surface area contributed by atoms with Gasteiger partial charge in [0.15, 0.2) is 12.1 Å². The summed E-state index contributed by atoms with van der Waals surface area (Å²) in [4.78, 5) is 28.1. The summed E-state index contributed by atoms with van der Waals surface area (Å²) in [5, 5.41) is 7.12. The lowest BCUT2D eigenvalue weighted by Crippen LogP contribution is -3.00. The molecule has 280 valence electrons. The van der Waals surface area contributed by atoms with E-state index in [1.165, 1.54) is 96.5 Å². The SMILES string of the molecule is O=Cc1c(N2CC[N+]3(CC2)CC[N+]2(CCNCC2)CC3)nc(-c2ccccc2)nc1N1CC[N+]2(CC1)CC[N+]1(CCNCC1)CC2.[Cl-].[Cl-].[Cl-].[Cl-]. The Morgan fingerprint density at radius 3 is 1.18 bits per heavy atom. The smallest absolute Gasteiger partial charge is 0.163 e. The van der Waals surface area contributed by atoms with Gasteiger partial charge < -0.3 is 88.0 Å². The van der Waals surface area contributed by atoms with Crippen molar-refractivity contribution in [2.45, 2.75) is 0 Å². The summed E-state index contributed by atoms with van der Waals surface area (Å²) < 4.78 is 5.09. The fourth-order valence-electron chi connectivity index (χ4n) is 9.62. The molecule has 2 N–H and O–H groups in total. The Hall–Kier alpha value is -1.51. The van der Waals surface area contributed by atoms with E-state index in [2.05, 4.69) is 44.7 Å². The minimum atomic E-state index is 0. The van der Waals surface area contributed by atoms with Crippen molar-refractivity contribution in [1.29, 1.82) is 0 Å². The number of rotatable bonds is 4. The molecule has 0 unspecified atom stereocenters. The Balaban J connectivity index is 0.00000140. The highest BCUT2D eigenvalue weighted by Crippen LogP contribution is 2.33. The average Bonchev–Trinajstić information content (AvgIpc) is 3.13. The van der Waals surface area contributed by atoms with Crippen LogP contribution in [-0.2, 0) is 0 Å². The van der Waals surface area contributed by atoms with Crippen molar-refractivity contribution in [2.24, 2.45) is 0 Å². The van der Waals surface area contributed by atoms with Crippen molar-refractivity contribution < 1.29 is 72.4 Å². The van der Waals surface area contributed by atoms with Crippen LogP contribution < -0.4 is 70.1 Å². The van der Waals surface area contributed by atoms with E-state index < -0.39 is 0 Å². The number of nitrogens with zero attached hydrogens (tertiary/aromatic N) is 8. The lowest BCUT2D eigenvalue weighted by atomic mass is 10.1. The summed E-state index contributed by atoms with van der Waals surface area (Å²) >= 11 is 0. The summed E-state index contributed by atoms with van der Waals surface area (Å²) in [5.74, 6) is 2.43. The number of piperazine rings is 6. The van der Waals surface area contributed by atoms with E-state index in [0.717, 1.165) is 108 Å². The normalized spacial score (nSPS) is 24.7. The van der Waals surface area contributed by atoms with Crippen molar-refractivity contribution in [3.63, 3.8) is 0 Å². The first-order chi connectivity index (χ1) is 22.5. The van der Waals surface area contributed by atoms with Gasteiger partial charge in [0.1, 0.15) is 64.0 Å². The molecule has 8 rings (SSSR count). The largest absolute Gasteiger partial charge is 1.00 e. The molecule has 1 aromatic carbocycles. The van der Waals surface area contributed by atoms with E-state index in [0.29, 0.717) is 5.56 Å². The first-order valence-electron chi connectivity index (χ1n) is 18.3. The minimum absolute atomic E-state index is 0. The van der Waals surface area contributed by atoms with Gasteiger partial charge in [-0.25, -0.2) is 9.97 Å². The molecule has 0 aliphatic carbocycles. The molecule has 15 heteroatoms. The Kier molecular flexibility index (Phi) is 14.1. The maximum atomic E-state index is 13.0. The van der Waals surface area contributed by atoms with Crippen molar-refractivity contribution in [3.05, 3.63) is 35.9 Å². The van der Waals surface area contributed by atoms with Gasteiger partial charge in [0.05, 0.1) is 84.1 Å². The first-order valence-corrected chi connectivity index (χ1v) is 18.3. The summed E-state index contributed by atoms with van der Waals surface area (Å²) in [5.41, 5.74) is 1.71. The molecule has 1 aromatic heterocycles. The highest BCUT2D eigenvalue weighted by Gasteiger charge is 2.46. The molecule has 0 amide bonds. The van der Waals surface area contributed by atoms with Crippen molar-refractivity contribution in [3.8, 4) is 11.4 Å². The van der Waals surface area contributed by atoms with E-state index in [-0.39, 0.29) is 49.6 Å². The van der Waals surface area contributed by atoms with Crippen LogP contribution >= 0.6 is 0 Å². The highest BCUT2D eigenvalue weighted by atomic mass is 35.5. The molecule has 11 nitrogen and oxygen atoms in total. The molecule has 6 aliphatic heterocycles. The maximum Gasteiger partial charge on any atom is 0.163 e. The molecule has 0 atom stereocenters. The molecule has 6 fully saturated rings. The number of benzene rings is 1. The molecule has 0 bridgehead atoms. The number of quaternary nitrogens is 4. The zero-order valence-electron chi connectivity index (χ0n) is 29.4. The van der Waals surface area contributed by atoms with Gasteiger partial charge >= 0.3 is 0 Å². The van der Waals surface area contributed by atoms with Crippen LogP contribution in [0.3, 0.4) is 0 Å². The summed E-state index contributed by atoms with van der Waals surface area (Å²) in [7, 11) is 0. The summed E-state index contributed by atoms with van der Waals surface area (Å²) in [6, 6.07) is 10.4. The van der Waals surface area contributed by atoms with Gasteiger partial charge in [-0.1, -0.05) is 30.3 Å². The van der Waals surface area contributed by atoms with E-state index in [4.69, 9.17) is 9.97 Å². The second kappa shape index (κ2) is 17.1. The van der Waals surface area contributed by atoms with Crippen molar-refractivity contribution >= 4 is 17.9 Å². The van der Waals surface area contributed by atoms with Gasteiger partial charge in [0, 0.05) is 31.7 Å². The fourth-order valence-corrected chi connectivity index (χ4v) is 9.62. The zero-order chi connectivity index (χ0) is 31.1. The standard InChI is InChI=1S/C35H56N10O.4ClH/c46-30-32-34(40-10-18-44(19-11-40)26-22-42(23-27-44)14-6-36-7-15-42)38-33(31-4-2-1-3-5-31)39-35(32)41-12-20-45(21-13-41)28-24-43(25-29-45)16-8-37-9-17-43;;;;/h1-5,30,36-37H,6-29H2;4*1H/q+4;;;;/p-4. The van der Waals surface area contributed by atoms with E-state index in [9.17, 15) is 4.79 Å². The Morgan fingerprint density at radius 2 is 0.840 bits per heavy atom. The van der Waals surface area contributed by atoms with Crippen LogP contribution in [0.2, 0.25) is 0 Å². The Labute approximate surface area is 323 Å². The predicted octanol–water partition coefficient (Wildman–Crippen LogP) is -11.9. The Morgan fingerprint density at radius 1 is 0.500 bits per heavy atom. The predicted molar refractivity (Wildman–Crippen MR) is 182 cm³/mol. The van der Waals surface area contributed by atoms with Crippen LogP contribution in [0.5, 0.6) is 0 Å². The summed E-state index contributed by atoms with van der Waals surface area (Å²) in [6.45, 7) is 28.5. The number of carbonyl (C=O) groups excluding carboxylic acids is 1. The van der Waals surface area contributed by atoms with Crippen LogP contribution in [0.25, 0.3) is 11.4 Å². The van der Waals surface area contributed by atoms with Gasteiger partial charge in [0.25, 0.3) is 0 Å².